The molecule has 0 aromatic heterocycles. The summed E-state index contributed by atoms with van der Waals surface area (Å²) in [5, 5.41) is 0. The van der Waals surface area contributed by atoms with Crippen LogP contribution in [0.4, 0.5) is 0 Å². The standard InChI is InChI=1S/C16H30N2O/c1-13-9-14(2)11-18(10-13)16(19)12-17(3)15-7-5-4-6-8-15/h13-15H,4-12H2,1-3H3. The van der Waals surface area contributed by atoms with E-state index in [4.69, 9.17) is 0 Å². The second kappa shape index (κ2) is 6.74. The van der Waals surface area contributed by atoms with Crippen LogP contribution < -0.4 is 0 Å². The summed E-state index contributed by atoms with van der Waals surface area (Å²) in [5.41, 5.74) is 0. The van der Waals surface area contributed by atoms with Crippen molar-refractivity contribution in [2.75, 3.05) is 26.7 Å². The largest absolute Gasteiger partial charge is 0.341 e. The van der Waals surface area contributed by atoms with Crippen LogP contribution in [-0.2, 0) is 4.79 Å². The SMILES string of the molecule is CC1CC(C)CN(C(=O)CN(C)C2CCCCC2)C1. The van der Waals surface area contributed by atoms with Gasteiger partial charge in [0.15, 0.2) is 0 Å². The molecule has 19 heavy (non-hydrogen) atoms. The Morgan fingerprint density at radius 1 is 1.11 bits per heavy atom. The van der Waals surface area contributed by atoms with Crippen LogP contribution in [0.5, 0.6) is 0 Å². The summed E-state index contributed by atoms with van der Waals surface area (Å²) in [5.74, 6) is 1.66. The average Bonchev–Trinajstić information content (AvgIpc) is 2.38. The third kappa shape index (κ3) is 4.20. The molecule has 0 radical (unpaired) electrons. The predicted molar refractivity (Wildman–Crippen MR) is 79.0 cm³/mol. The van der Waals surface area contributed by atoms with E-state index in [0.29, 0.717) is 30.3 Å². The van der Waals surface area contributed by atoms with Gasteiger partial charge in [-0.25, -0.2) is 0 Å². The number of carbonyl (C=O) groups excluding carboxylic acids is 1. The lowest BCUT2D eigenvalue weighted by atomic mass is 9.91. The van der Waals surface area contributed by atoms with Gasteiger partial charge in [-0.1, -0.05) is 33.1 Å². The molecule has 0 bridgehead atoms. The summed E-state index contributed by atoms with van der Waals surface area (Å²) < 4.78 is 0. The molecular weight excluding hydrogens is 236 g/mol. The Morgan fingerprint density at radius 3 is 2.26 bits per heavy atom. The Labute approximate surface area is 118 Å². The van der Waals surface area contributed by atoms with Crippen molar-refractivity contribution in [1.82, 2.24) is 9.80 Å². The number of hydrogen-bond donors (Lipinski definition) is 0. The first-order chi connectivity index (χ1) is 9.06. The van der Waals surface area contributed by atoms with E-state index in [-0.39, 0.29) is 0 Å². The molecule has 0 aromatic carbocycles. The predicted octanol–water partition coefficient (Wildman–Crippen LogP) is 2.76. The Morgan fingerprint density at radius 2 is 1.68 bits per heavy atom. The highest BCUT2D eigenvalue weighted by atomic mass is 16.2. The summed E-state index contributed by atoms with van der Waals surface area (Å²) in [6.07, 6.45) is 7.86. The van der Waals surface area contributed by atoms with Crippen molar-refractivity contribution in [2.24, 2.45) is 11.8 Å². The fourth-order valence-electron chi connectivity index (χ4n) is 3.83. The number of likely N-dealkylation sites (tertiary alicyclic amines) is 1. The molecule has 1 saturated heterocycles. The normalized spacial score (nSPS) is 29.8. The van der Waals surface area contributed by atoms with Crippen molar-refractivity contribution in [2.45, 2.75) is 58.4 Å². The molecule has 2 unspecified atom stereocenters. The van der Waals surface area contributed by atoms with Crippen LogP contribution >= 0.6 is 0 Å². The molecule has 3 heteroatoms. The molecule has 1 aliphatic carbocycles. The molecule has 110 valence electrons. The van der Waals surface area contributed by atoms with Crippen LogP contribution in [0.2, 0.25) is 0 Å². The molecule has 2 atom stereocenters. The summed E-state index contributed by atoms with van der Waals surface area (Å²) >= 11 is 0. The van der Waals surface area contributed by atoms with Gasteiger partial charge in [0.25, 0.3) is 0 Å². The first-order valence-electron chi connectivity index (χ1n) is 8.04. The molecule has 2 rings (SSSR count). The molecule has 1 aliphatic heterocycles. The number of hydrogen-bond acceptors (Lipinski definition) is 2. The number of nitrogens with zero attached hydrogens (tertiary/aromatic N) is 2. The van der Waals surface area contributed by atoms with Crippen molar-refractivity contribution in [3.63, 3.8) is 0 Å². The lowest BCUT2D eigenvalue weighted by molar-refractivity contribution is -0.135. The second-order valence-electron chi connectivity index (χ2n) is 6.95. The van der Waals surface area contributed by atoms with Crippen LogP contribution in [0, 0.1) is 11.8 Å². The minimum Gasteiger partial charge on any atom is -0.341 e. The van der Waals surface area contributed by atoms with E-state index in [2.05, 4.69) is 30.7 Å². The Balaban J connectivity index is 1.82. The maximum absolute atomic E-state index is 12.4. The topological polar surface area (TPSA) is 23.6 Å². The minimum absolute atomic E-state index is 0.339. The first kappa shape index (κ1) is 14.8. The summed E-state index contributed by atoms with van der Waals surface area (Å²) in [6.45, 7) is 7.06. The van der Waals surface area contributed by atoms with Gasteiger partial charge in [-0.15, -0.1) is 0 Å². The van der Waals surface area contributed by atoms with Crippen LogP contribution in [0.25, 0.3) is 0 Å². The van der Waals surface area contributed by atoms with Gasteiger partial charge in [0.2, 0.25) is 5.91 Å². The summed E-state index contributed by atoms with van der Waals surface area (Å²) in [7, 11) is 2.13. The van der Waals surface area contributed by atoms with E-state index in [0.717, 1.165) is 13.1 Å². The van der Waals surface area contributed by atoms with Crippen molar-refractivity contribution in [1.29, 1.82) is 0 Å². The highest BCUT2D eigenvalue weighted by molar-refractivity contribution is 5.78. The zero-order valence-corrected chi connectivity index (χ0v) is 12.9. The molecule has 1 amide bonds. The van der Waals surface area contributed by atoms with E-state index in [1.54, 1.807) is 0 Å². The molecule has 2 fully saturated rings. The number of rotatable bonds is 3. The second-order valence-corrected chi connectivity index (χ2v) is 6.95. The van der Waals surface area contributed by atoms with Gasteiger partial charge in [-0.2, -0.15) is 0 Å². The molecule has 0 N–H and O–H groups in total. The van der Waals surface area contributed by atoms with Crippen molar-refractivity contribution in [3.05, 3.63) is 0 Å². The highest BCUT2D eigenvalue weighted by Crippen LogP contribution is 2.23. The third-order valence-electron chi connectivity index (χ3n) is 4.80. The first-order valence-corrected chi connectivity index (χ1v) is 8.04. The Kier molecular flexibility index (Phi) is 5.26. The van der Waals surface area contributed by atoms with Gasteiger partial charge >= 0.3 is 0 Å². The van der Waals surface area contributed by atoms with E-state index < -0.39 is 0 Å². The Hall–Kier alpha value is -0.570. The van der Waals surface area contributed by atoms with E-state index >= 15 is 0 Å². The van der Waals surface area contributed by atoms with Gasteiger partial charge in [-0.3, -0.25) is 9.69 Å². The van der Waals surface area contributed by atoms with Crippen LogP contribution in [0.3, 0.4) is 0 Å². The quantitative estimate of drug-likeness (QED) is 0.784. The van der Waals surface area contributed by atoms with Gasteiger partial charge < -0.3 is 4.90 Å². The van der Waals surface area contributed by atoms with Gasteiger partial charge in [0, 0.05) is 19.1 Å². The Bertz CT molecular complexity index is 289. The zero-order chi connectivity index (χ0) is 13.8. The van der Waals surface area contributed by atoms with Crippen LogP contribution in [0.1, 0.15) is 52.4 Å². The highest BCUT2D eigenvalue weighted by Gasteiger charge is 2.27. The lowest BCUT2D eigenvalue weighted by Crippen LogP contribution is -2.48. The molecule has 1 saturated carbocycles. The van der Waals surface area contributed by atoms with Gasteiger partial charge in [-0.05, 0) is 38.1 Å². The fourth-order valence-corrected chi connectivity index (χ4v) is 3.83. The van der Waals surface area contributed by atoms with Crippen molar-refractivity contribution >= 4 is 5.91 Å². The molecule has 3 nitrogen and oxygen atoms in total. The monoisotopic (exact) mass is 266 g/mol. The van der Waals surface area contributed by atoms with Crippen LogP contribution in [-0.4, -0.2) is 48.4 Å². The van der Waals surface area contributed by atoms with Gasteiger partial charge in [0.1, 0.15) is 0 Å². The van der Waals surface area contributed by atoms with Crippen molar-refractivity contribution in [3.8, 4) is 0 Å². The third-order valence-corrected chi connectivity index (χ3v) is 4.80. The van der Waals surface area contributed by atoms with Gasteiger partial charge in [0.05, 0.1) is 6.54 Å². The van der Waals surface area contributed by atoms with E-state index in [1.807, 2.05) is 0 Å². The summed E-state index contributed by atoms with van der Waals surface area (Å²) in [6, 6.07) is 0.636. The number of amides is 1. The van der Waals surface area contributed by atoms with E-state index in [1.165, 1.54) is 38.5 Å². The molecule has 1 heterocycles. The van der Waals surface area contributed by atoms with E-state index in [9.17, 15) is 4.79 Å². The minimum atomic E-state index is 0.339. The smallest absolute Gasteiger partial charge is 0.236 e. The number of likely N-dealkylation sites (N-methyl/N-ethyl adjacent to an activating group) is 1. The maximum Gasteiger partial charge on any atom is 0.236 e. The van der Waals surface area contributed by atoms with Crippen LogP contribution in [0.15, 0.2) is 0 Å². The molecule has 0 aromatic rings. The summed E-state index contributed by atoms with van der Waals surface area (Å²) in [4.78, 5) is 16.8. The molecule has 0 spiro atoms. The fraction of sp³-hybridized carbons (Fsp3) is 0.938. The molecular formula is C16H30N2O. The maximum atomic E-state index is 12.4. The number of piperidine rings is 1. The lowest BCUT2D eigenvalue weighted by Gasteiger charge is -2.37. The number of carbonyl (C=O) groups is 1. The average molecular weight is 266 g/mol. The molecule has 2 aliphatic rings. The zero-order valence-electron chi connectivity index (χ0n) is 12.9. The van der Waals surface area contributed by atoms with Crippen molar-refractivity contribution < 1.29 is 4.79 Å².